The van der Waals surface area contributed by atoms with Crippen LogP contribution in [0.1, 0.15) is 168 Å². The number of hydrogen-bond acceptors (Lipinski definition) is 15. The summed E-state index contributed by atoms with van der Waals surface area (Å²) in [5, 5.41) is 71.7. The molecule has 2 fully saturated rings. The highest BCUT2D eigenvalue weighted by molar-refractivity contribution is 5.70. The van der Waals surface area contributed by atoms with Crippen LogP contribution >= 0.6 is 0 Å². The summed E-state index contributed by atoms with van der Waals surface area (Å²) < 4.78 is 33.3. The minimum Gasteiger partial charge on any atom is -0.462 e. The standard InChI is InChI=1S/C43H80O15/c1-3-5-7-9-11-12-13-14-15-16-17-18-20-21-23-25-34(45)53-28-31(56-35(46)26-24-22-19-10-8-6-4-2)29-54-42-41(52)39(50)37(48)33(58-42)30-55-43-40(51)38(49)36(47)32(27-44)57-43/h31-33,36-44,47-52H,3-30H2,1-2H3/t31-,32-,33-,36+,37+,38?,39?,40?,41?,42-,43-/m1/s1. The van der Waals surface area contributed by atoms with Crippen molar-refractivity contribution < 1.29 is 73.8 Å². The first-order chi connectivity index (χ1) is 28.0. The maximum Gasteiger partial charge on any atom is 0.306 e. The molecular weight excluding hydrogens is 756 g/mol. The Balaban J connectivity index is 1.81. The summed E-state index contributed by atoms with van der Waals surface area (Å²) in [7, 11) is 0. The Kier molecular flexibility index (Phi) is 29.3. The van der Waals surface area contributed by atoms with Crippen LogP contribution in [-0.4, -0.2) is 142 Å². The lowest BCUT2D eigenvalue weighted by Gasteiger charge is -2.42. The molecule has 0 aromatic heterocycles. The van der Waals surface area contributed by atoms with Gasteiger partial charge in [-0.25, -0.2) is 0 Å². The Labute approximate surface area is 347 Å². The Morgan fingerprint density at radius 2 is 0.879 bits per heavy atom. The molecule has 4 unspecified atom stereocenters. The van der Waals surface area contributed by atoms with Gasteiger partial charge in [0.2, 0.25) is 0 Å². The average molecular weight is 837 g/mol. The van der Waals surface area contributed by atoms with Gasteiger partial charge < -0.3 is 64.2 Å². The van der Waals surface area contributed by atoms with Crippen molar-refractivity contribution in [2.45, 2.75) is 235 Å². The van der Waals surface area contributed by atoms with Gasteiger partial charge in [-0.3, -0.25) is 9.59 Å². The number of rotatable bonds is 34. The van der Waals surface area contributed by atoms with Crippen molar-refractivity contribution >= 4 is 11.9 Å². The highest BCUT2D eigenvalue weighted by Gasteiger charge is 2.47. The molecule has 0 aliphatic carbocycles. The summed E-state index contributed by atoms with van der Waals surface area (Å²) in [6.07, 6.45) is 8.92. The number of hydrogen-bond donors (Lipinski definition) is 7. The summed E-state index contributed by atoms with van der Waals surface area (Å²) in [5.41, 5.74) is 0. The molecule has 15 nitrogen and oxygen atoms in total. The molecule has 0 spiro atoms. The normalized spacial score (nSPS) is 28.0. The third kappa shape index (κ3) is 21.3. The molecule has 11 atom stereocenters. The lowest BCUT2D eigenvalue weighted by atomic mass is 9.98. The molecule has 7 N–H and O–H groups in total. The average Bonchev–Trinajstić information content (AvgIpc) is 3.21. The van der Waals surface area contributed by atoms with Gasteiger partial charge in [-0.1, -0.05) is 142 Å². The van der Waals surface area contributed by atoms with E-state index in [1.165, 1.54) is 77.0 Å². The molecule has 0 radical (unpaired) electrons. The predicted molar refractivity (Wildman–Crippen MR) is 215 cm³/mol. The maximum absolute atomic E-state index is 12.8. The molecule has 2 rings (SSSR count). The lowest BCUT2D eigenvalue weighted by Crippen LogP contribution is -2.61. The molecule has 0 saturated carbocycles. The highest BCUT2D eigenvalue weighted by atomic mass is 16.7. The van der Waals surface area contributed by atoms with Gasteiger partial charge in [0.1, 0.15) is 55.4 Å². The SMILES string of the molecule is CCCCCCCCCCCCCCCCCC(=O)OC[C@H](CO[C@@H]1O[C@H](CO[C@@H]2O[C@H](CO)[C@H](O)C(O)C2O)[C@H](O)C(O)C1O)OC(=O)CCCCCCCCC. The zero-order valence-electron chi connectivity index (χ0n) is 35.5. The van der Waals surface area contributed by atoms with Gasteiger partial charge in [-0.05, 0) is 12.8 Å². The van der Waals surface area contributed by atoms with Crippen LogP contribution in [-0.2, 0) is 38.0 Å². The van der Waals surface area contributed by atoms with E-state index < -0.39 is 92.7 Å². The molecule has 0 amide bonds. The third-order valence-corrected chi connectivity index (χ3v) is 11.1. The van der Waals surface area contributed by atoms with Gasteiger partial charge in [0, 0.05) is 12.8 Å². The third-order valence-electron chi connectivity index (χ3n) is 11.1. The Bertz CT molecular complexity index is 1030. The molecule has 2 heterocycles. The van der Waals surface area contributed by atoms with Gasteiger partial charge in [-0.2, -0.15) is 0 Å². The maximum atomic E-state index is 12.8. The van der Waals surface area contributed by atoms with E-state index in [1.807, 2.05) is 0 Å². The summed E-state index contributed by atoms with van der Waals surface area (Å²) in [6.45, 7) is 2.53. The first-order valence-electron chi connectivity index (χ1n) is 22.6. The summed E-state index contributed by atoms with van der Waals surface area (Å²) in [5.74, 6) is -0.923. The molecule has 342 valence electrons. The Morgan fingerprint density at radius 1 is 0.483 bits per heavy atom. The first-order valence-corrected chi connectivity index (χ1v) is 22.6. The van der Waals surface area contributed by atoms with E-state index in [-0.39, 0.29) is 26.1 Å². The minimum absolute atomic E-state index is 0.169. The van der Waals surface area contributed by atoms with Crippen LogP contribution in [0.25, 0.3) is 0 Å². The molecule has 0 bridgehead atoms. The number of aliphatic hydroxyl groups excluding tert-OH is 7. The molecule has 0 aromatic rings. The summed E-state index contributed by atoms with van der Waals surface area (Å²) in [4.78, 5) is 25.5. The lowest BCUT2D eigenvalue weighted by molar-refractivity contribution is -0.332. The Morgan fingerprint density at radius 3 is 1.34 bits per heavy atom. The molecule has 15 heteroatoms. The van der Waals surface area contributed by atoms with Crippen molar-refractivity contribution in [1.29, 1.82) is 0 Å². The molecule has 0 aromatic carbocycles. The van der Waals surface area contributed by atoms with E-state index in [2.05, 4.69) is 13.8 Å². The van der Waals surface area contributed by atoms with E-state index in [0.717, 1.165) is 51.4 Å². The number of ether oxygens (including phenoxy) is 6. The fourth-order valence-electron chi connectivity index (χ4n) is 7.28. The minimum atomic E-state index is -1.76. The predicted octanol–water partition coefficient (Wildman–Crippen LogP) is 4.48. The van der Waals surface area contributed by atoms with Crippen LogP contribution in [0.3, 0.4) is 0 Å². The largest absolute Gasteiger partial charge is 0.462 e. The van der Waals surface area contributed by atoms with Gasteiger partial charge in [0.25, 0.3) is 0 Å². The van der Waals surface area contributed by atoms with Crippen molar-refractivity contribution in [3.63, 3.8) is 0 Å². The van der Waals surface area contributed by atoms with E-state index in [0.29, 0.717) is 12.8 Å². The van der Waals surface area contributed by atoms with Crippen LogP contribution in [0.4, 0.5) is 0 Å². The van der Waals surface area contributed by atoms with Crippen LogP contribution in [0.2, 0.25) is 0 Å². The fraction of sp³-hybridized carbons (Fsp3) is 0.953. The molecule has 2 aliphatic heterocycles. The number of aliphatic hydroxyl groups is 7. The van der Waals surface area contributed by atoms with Gasteiger partial charge in [-0.15, -0.1) is 0 Å². The van der Waals surface area contributed by atoms with Crippen molar-refractivity contribution in [3.8, 4) is 0 Å². The number of unbranched alkanes of at least 4 members (excludes halogenated alkanes) is 20. The molecule has 2 saturated heterocycles. The van der Waals surface area contributed by atoms with Crippen LogP contribution in [0.5, 0.6) is 0 Å². The molecular formula is C43H80O15. The Hall–Kier alpha value is -1.50. The fourth-order valence-corrected chi connectivity index (χ4v) is 7.28. The van der Waals surface area contributed by atoms with E-state index >= 15 is 0 Å². The second kappa shape index (κ2) is 32.2. The van der Waals surface area contributed by atoms with E-state index in [9.17, 15) is 45.3 Å². The van der Waals surface area contributed by atoms with Crippen molar-refractivity contribution in [2.24, 2.45) is 0 Å². The number of esters is 2. The topological polar surface area (TPSA) is 231 Å². The molecule has 2 aliphatic rings. The quantitative estimate of drug-likeness (QED) is 0.0350. The monoisotopic (exact) mass is 837 g/mol. The number of carbonyl (C=O) groups excluding carboxylic acids is 2. The van der Waals surface area contributed by atoms with Crippen molar-refractivity contribution in [1.82, 2.24) is 0 Å². The van der Waals surface area contributed by atoms with Crippen LogP contribution in [0.15, 0.2) is 0 Å². The first kappa shape index (κ1) is 52.6. The van der Waals surface area contributed by atoms with E-state index in [4.69, 9.17) is 28.4 Å². The van der Waals surface area contributed by atoms with Gasteiger partial charge in [0.15, 0.2) is 18.7 Å². The van der Waals surface area contributed by atoms with Crippen LogP contribution in [0, 0.1) is 0 Å². The second-order valence-electron chi connectivity index (χ2n) is 16.2. The smallest absolute Gasteiger partial charge is 0.306 e. The van der Waals surface area contributed by atoms with Gasteiger partial charge >= 0.3 is 11.9 Å². The molecule has 58 heavy (non-hydrogen) atoms. The van der Waals surface area contributed by atoms with Crippen LogP contribution < -0.4 is 0 Å². The zero-order chi connectivity index (χ0) is 42.5. The summed E-state index contributed by atoms with van der Waals surface area (Å²) in [6, 6.07) is 0. The number of carbonyl (C=O) groups is 2. The highest BCUT2D eigenvalue weighted by Crippen LogP contribution is 2.26. The van der Waals surface area contributed by atoms with E-state index in [1.54, 1.807) is 0 Å². The zero-order valence-corrected chi connectivity index (χ0v) is 35.5. The van der Waals surface area contributed by atoms with Gasteiger partial charge in [0.05, 0.1) is 19.8 Å². The van der Waals surface area contributed by atoms with Crippen molar-refractivity contribution in [3.05, 3.63) is 0 Å². The summed E-state index contributed by atoms with van der Waals surface area (Å²) >= 11 is 0. The van der Waals surface area contributed by atoms with Crippen molar-refractivity contribution in [2.75, 3.05) is 26.4 Å². The second-order valence-corrected chi connectivity index (χ2v) is 16.2.